The fourth-order valence-corrected chi connectivity index (χ4v) is 4.62. The topological polar surface area (TPSA) is 94.6 Å². The molecule has 0 radical (unpaired) electrons. The van der Waals surface area contributed by atoms with E-state index < -0.39 is 38.1 Å². The molecule has 0 fully saturated rings. The van der Waals surface area contributed by atoms with Gasteiger partial charge in [0.25, 0.3) is 16.0 Å². The van der Waals surface area contributed by atoms with Crippen molar-refractivity contribution in [1.29, 1.82) is 0 Å². The first-order chi connectivity index (χ1) is 13.3. The maximum absolute atomic E-state index is 12.7. The van der Waals surface area contributed by atoms with Crippen LogP contribution in [0, 0.1) is 0 Å². The van der Waals surface area contributed by atoms with Crippen molar-refractivity contribution in [1.82, 2.24) is 4.98 Å². The lowest BCUT2D eigenvalue weighted by Gasteiger charge is -2.44. The Morgan fingerprint density at radius 2 is 1.69 bits per heavy atom. The summed E-state index contributed by atoms with van der Waals surface area (Å²) in [5.41, 5.74) is 5.23. The summed E-state index contributed by atoms with van der Waals surface area (Å²) < 4.78 is 71.0. The van der Waals surface area contributed by atoms with E-state index in [0.717, 1.165) is 12.3 Å². The van der Waals surface area contributed by atoms with Gasteiger partial charge in [-0.05, 0) is 44.9 Å². The predicted molar refractivity (Wildman–Crippen MR) is 102 cm³/mol. The lowest BCUT2D eigenvalue weighted by atomic mass is 9.85. The molecule has 3 rings (SSSR count). The molecule has 0 aliphatic carbocycles. The minimum atomic E-state index is -4.45. The number of hydrogen-bond acceptors (Lipinski definition) is 5. The molecular weight excluding hydrogens is 407 g/mol. The molecule has 29 heavy (non-hydrogen) atoms. The minimum Gasteiger partial charge on any atom is -0.457 e. The van der Waals surface area contributed by atoms with E-state index in [-0.39, 0.29) is 6.42 Å². The minimum absolute atomic E-state index is 0.111. The molecule has 2 heterocycles. The number of nitrogens with zero attached hydrogens (tertiary/aromatic N) is 2. The Hall–Kier alpha value is -2.62. The van der Waals surface area contributed by atoms with Gasteiger partial charge in [-0.1, -0.05) is 24.3 Å². The molecule has 1 aromatic heterocycles. The Bertz CT molecular complexity index is 1050. The highest BCUT2D eigenvalue weighted by Crippen LogP contribution is 2.40. The van der Waals surface area contributed by atoms with Gasteiger partial charge in [0.05, 0.1) is 11.3 Å². The maximum Gasteiger partial charge on any atom is 0.417 e. The molecule has 0 bridgehead atoms. The van der Waals surface area contributed by atoms with Crippen LogP contribution in [0.5, 0.6) is 0 Å². The van der Waals surface area contributed by atoms with Crippen LogP contribution in [-0.4, -0.2) is 29.8 Å². The van der Waals surface area contributed by atoms with Crippen LogP contribution in [0.1, 0.15) is 31.9 Å². The van der Waals surface area contributed by atoms with Gasteiger partial charge in [-0.3, -0.25) is 4.98 Å². The summed E-state index contributed by atoms with van der Waals surface area (Å²) in [6.07, 6.45) is -3.56. The lowest BCUT2D eigenvalue weighted by molar-refractivity contribution is -0.137. The van der Waals surface area contributed by atoms with Gasteiger partial charge < -0.3 is 10.5 Å². The Morgan fingerprint density at radius 1 is 1.07 bits per heavy atom. The second-order valence-electron chi connectivity index (χ2n) is 7.55. The first-order valence-electron chi connectivity index (χ1n) is 8.67. The monoisotopic (exact) mass is 427 g/mol. The molecule has 1 aromatic carbocycles. The number of benzene rings is 1. The Labute approximate surface area is 166 Å². The van der Waals surface area contributed by atoms with Crippen LogP contribution in [0.15, 0.2) is 47.0 Å². The summed E-state index contributed by atoms with van der Waals surface area (Å²) in [6.45, 7) is 4.81. The number of amidine groups is 1. The van der Waals surface area contributed by atoms with Gasteiger partial charge in [-0.25, -0.2) is 8.42 Å². The van der Waals surface area contributed by atoms with E-state index in [1.165, 1.54) is 6.07 Å². The van der Waals surface area contributed by atoms with E-state index in [0.29, 0.717) is 16.8 Å². The summed E-state index contributed by atoms with van der Waals surface area (Å²) in [6, 6.07) is 8.62. The van der Waals surface area contributed by atoms with Crippen LogP contribution in [0.4, 0.5) is 13.2 Å². The highest BCUT2D eigenvalue weighted by Gasteiger charge is 2.56. The van der Waals surface area contributed by atoms with Gasteiger partial charge in [-0.15, -0.1) is 4.40 Å². The third-order valence-electron chi connectivity index (χ3n) is 5.29. The van der Waals surface area contributed by atoms with Crippen LogP contribution >= 0.6 is 0 Å². The zero-order valence-electron chi connectivity index (χ0n) is 16.0. The SMILES string of the molecule is CC1(C)OC(N)=NS(=O)(=O)C1(C)Cc1ccc(-c2ccc(C(F)(F)F)cn2)cc1. The zero-order chi connectivity index (χ0) is 21.7. The second-order valence-corrected chi connectivity index (χ2v) is 9.59. The average molecular weight is 427 g/mol. The second kappa shape index (κ2) is 6.72. The lowest BCUT2D eigenvalue weighted by Crippen LogP contribution is -2.60. The Balaban J connectivity index is 1.87. The van der Waals surface area contributed by atoms with Crippen LogP contribution in [0.25, 0.3) is 11.3 Å². The van der Waals surface area contributed by atoms with Crippen LogP contribution in [0.3, 0.4) is 0 Å². The quantitative estimate of drug-likeness (QED) is 0.809. The number of halogens is 3. The van der Waals surface area contributed by atoms with Gasteiger partial charge in [0, 0.05) is 11.8 Å². The summed E-state index contributed by atoms with van der Waals surface area (Å²) >= 11 is 0. The molecule has 2 N–H and O–H groups in total. The van der Waals surface area contributed by atoms with Crippen LogP contribution < -0.4 is 5.73 Å². The Kier molecular flexibility index (Phi) is 4.89. The molecule has 1 unspecified atom stereocenters. The molecule has 1 aliphatic rings. The smallest absolute Gasteiger partial charge is 0.417 e. The molecule has 2 aromatic rings. The number of ether oxygens (including phenoxy) is 1. The van der Waals surface area contributed by atoms with Gasteiger partial charge in [0.1, 0.15) is 10.3 Å². The zero-order valence-corrected chi connectivity index (χ0v) is 16.8. The highest BCUT2D eigenvalue weighted by atomic mass is 32.2. The predicted octanol–water partition coefficient (Wildman–Crippen LogP) is 3.52. The average Bonchev–Trinajstić information content (AvgIpc) is 2.59. The molecule has 0 saturated heterocycles. The molecule has 10 heteroatoms. The van der Waals surface area contributed by atoms with Crippen molar-refractivity contribution < 1.29 is 26.3 Å². The fourth-order valence-electron chi connectivity index (χ4n) is 3.14. The number of sulfonamides is 1. The van der Waals surface area contributed by atoms with Gasteiger partial charge in [0.2, 0.25) is 0 Å². The molecule has 1 atom stereocenters. The van der Waals surface area contributed by atoms with E-state index in [1.54, 1.807) is 45.0 Å². The largest absolute Gasteiger partial charge is 0.457 e. The number of hydrogen-bond donors (Lipinski definition) is 1. The van der Waals surface area contributed by atoms with Crippen LogP contribution in [0.2, 0.25) is 0 Å². The molecule has 0 amide bonds. The van der Waals surface area contributed by atoms with Crippen molar-refractivity contribution in [2.75, 3.05) is 0 Å². The molecule has 6 nitrogen and oxygen atoms in total. The fraction of sp³-hybridized carbons (Fsp3) is 0.368. The summed E-state index contributed by atoms with van der Waals surface area (Å²) in [4.78, 5) is 3.86. The molecule has 0 spiro atoms. The van der Waals surface area contributed by atoms with E-state index in [1.807, 2.05) is 0 Å². The number of alkyl halides is 3. The van der Waals surface area contributed by atoms with Gasteiger partial charge in [-0.2, -0.15) is 13.2 Å². The third-order valence-corrected chi connectivity index (χ3v) is 7.49. The summed E-state index contributed by atoms with van der Waals surface area (Å²) in [5, 5.41) is 0. The number of aromatic nitrogens is 1. The van der Waals surface area contributed by atoms with E-state index in [2.05, 4.69) is 9.38 Å². The first kappa shape index (κ1) is 21.1. The Morgan fingerprint density at radius 3 is 2.17 bits per heavy atom. The van der Waals surface area contributed by atoms with Gasteiger partial charge in [0.15, 0.2) is 0 Å². The van der Waals surface area contributed by atoms with Crippen molar-refractivity contribution >= 4 is 16.0 Å². The molecule has 0 saturated carbocycles. The summed E-state index contributed by atoms with van der Waals surface area (Å²) in [5.74, 6) is 0. The van der Waals surface area contributed by atoms with E-state index in [4.69, 9.17) is 10.5 Å². The van der Waals surface area contributed by atoms with Gasteiger partial charge >= 0.3 is 6.18 Å². The number of nitrogens with two attached hydrogens (primary N) is 1. The highest BCUT2D eigenvalue weighted by molar-refractivity contribution is 7.91. The molecule has 1 aliphatic heterocycles. The van der Waals surface area contributed by atoms with Crippen molar-refractivity contribution in [2.45, 2.75) is 43.7 Å². The van der Waals surface area contributed by atoms with Crippen molar-refractivity contribution in [2.24, 2.45) is 10.1 Å². The first-order valence-corrected chi connectivity index (χ1v) is 10.1. The normalized spacial score (nSPS) is 23.2. The number of pyridine rings is 1. The maximum atomic E-state index is 12.7. The summed E-state index contributed by atoms with van der Waals surface area (Å²) in [7, 11) is -3.94. The van der Waals surface area contributed by atoms with Crippen molar-refractivity contribution in [3.63, 3.8) is 0 Å². The molecule has 156 valence electrons. The standard InChI is InChI=1S/C19H20F3N3O3S/c1-17(2)18(3,29(26,27)25-16(23)28-17)10-12-4-6-13(7-5-12)15-9-8-14(11-24-15)19(20,21)22/h4-9,11H,10H2,1-3H3,(H2,23,25). The number of rotatable bonds is 3. The van der Waals surface area contributed by atoms with E-state index in [9.17, 15) is 21.6 Å². The van der Waals surface area contributed by atoms with Crippen LogP contribution in [-0.2, 0) is 27.4 Å². The van der Waals surface area contributed by atoms with E-state index >= 15 is 0 Å². The third kappa shape index (κ3) is 3.81. The molecular formula is C19H20F3N3O3S. The van der Waals surface area contributed by atoms with Crippen molar-refractivity contribution in [3.05, 3.63) is 53.7 Å². The van der Waals surface area contributed by atoms with Crippen molar-refractivity contribution in [3.8, 4) is 11.3 Å².